The molecule has 0 bridgehead atoms. The van der Waals surface area contributed by atoms with Crippen LogP contribution in [-0.4, -0.2) is 32.0 Å². The van der Waals surface area contributed by atoms with Crippen molar-refractivity contribution in [3.8, 4) is 0 Å². The molecule has 5 heteroatoms. The Morgan fingerprint density at radius 2 is 1.92 bits per heavy atom. The number of hydrogen-bond acceptors (Lipinski definition) is 5. The number of aliphatic hydroxyl groups is 2. The van der Waals surface area contributed by atoms with Gasteiger partial charge in [-0.05, 0) is 6.92 Å². The summed E-state index contributed by atoms with van der Waals surface area (Å²) in [5.41, 5.74) is 0.507. The van der Waals surface area contributed by atoms with Gasteiger partial charge in [-0.15, -0.1) is 0 Å². The van der Waals surface area contributed by atoms with Crippen molar-refractivity contribution in [3.63, 3.8) is 0 Å². The molecule has 4 nitrogen and oxygen atoms in total. The Bertz CT molecular complexity index is 265. The average Bonchev–Trinajstić information content (AvgIpc) is 2.17. The van der Waals surface area contributed by atoms with Gasteiger partial charge in [-0.25, -0.2) is 9.97 Å². The van der Waals surface area contributed by atoms with Gasteiger partial charge in [0.2, 0.25) is 0 Å². The molecule has 2 unspecified atom stereocenters. The van der Waals surface area contributed by atoms with E-state index in [1.54, 1.807) is 6.92 Å². The Kier molecular flexibility index (Phi) is 3.65. The maximum atomic E-state index is 9.50. The number of rotatable bonds is 3. The first-order valence-corrected chi connectivity index (χ1v) is 4.54. The van der Waals surface area contributed by atoms with Crippen LogP contribution in [0.4, 0.5) is 0 Å². The molecule has 0 aliphatic carbocycles. The second-order valence-electron chi connectivity index (χ2n) is 2.76. The molecule has 0 fully saturated rings. The highest BCUT2D eigenvalue weighted by Gasteiger charge is 2.17. The Labute approximate surface area is 82.1 Å². The topological polar surface area (TPSA) is 66.2 Å². The molecule has 0 aromatic carbocycles. The molecule has 0 radical (unpaired) electrons. The van der Waals surface area contributed by atoms with Crippen LogP contribution in [-0.2, 0) is 0 Å². The zero-order chi connectivity index (χ0) is 9.84. The van der Waals surface area contributed by atoms with Crippen molar-refractivity contribution in [3.05, 3.63) is 23.8 Å². The third kappa shape index (κ3) is 2.65. The van der Waals surface area contributed by atoms with E-state index < -0.39 is 12.2 Å². The first-order valence-electron chi connectivity index (χ1n) is 3.90. The van der Waals surface area contributed by atoms with Gasteiger partial charge < -0.3 is 10.2 Å². The molecule has 72 valence electrons. The molecule has 0 aliphatic rings. The summed E-state index contributed by atoms with van der Waals surface area (Å²) in [6.07, 6.45) is 1.16. The quantitative estimate of drug-likeness (QED) is 0.606. The van der Waals surface area contributed by atoms with Crippen LogP contribution >= 0.6 is 12.6 Å². The molecule has 0 saturated heterocycles. The molecule has 0 saturated carbocycles. The van der Waals surface area contributed by atoms with Gasteiger partial charge in [-0.2, -0.15) is 12.6 Å². The first kappa shape index (κ1) is 10.4. The largest absolute Gasteiger partial charge is 0.389 e. The van der Waals surface area contributed by atoms with Gasteiger partial charge in [0.1, 0.15) is 11.9 Å². The molecule has 0 aliphatic heterocycles. The minimum absolute atomic E-state index is 0.203. The predicted octanol–water partition coefficient (Wildman–Crippen LogP) is 0.109. The predicted molar refractivity (Wildman–Crippen MR) is 51.6 cm³/mol. The lowest BCUT2D eigenvalue weighted by Crippen LogP contribution is -2.20. The maximum absolute atomic E-state index is 9.50. The van der Waals surface area contributed by atoms with Crippen LogP contribution in [0.15, 0.2) is 12.4 Å². The van der Waals surface area contributed by atoms with Crippen molar-refractivity contribution in [1.82, 2.24) is 9.97 Å². The lowest BCUT2D eigenvalue weighted by molar-refractivity contribution is 0.0333. The molecule has 1 aromatic rings. The number of nitrogens with zero attached hydrogens (tertiary/aromatic N) is 2. The summed E-state index contributed by atoms with van der Waals surface area (Å²) >= 11 is 3.87. The summed E-state index contributed by atoms with van der Waals surface area (Å²) in [5.74, 6) is 0.839. The Morgan fingerprint density at radius 3 is 2.38 bits per heavy atom. The standard InChI is InChI=1S/C8H12N2O2S/c1-5-9-2-6(3-10-5)8(12)7(11)4-13/h2-3,7-8,11-13H,4H2,1H3. The fraction of sp³-hybridized carbons (Fsp3) is 0.500. The molecule has 2 N–H and O–H groups in total. The van der Waals surface area contributed by atoms with Gasteiger partial charge in [0.25, 0.3) is 0 Å². The number of aromatic nitrogens is 2. The molecule has 13 heavy (non-hydrogen) atoms. The molecule has 1 heterocycles. The molecule has 0 spiro atoms. The molecule has 1 rings (SSSR count). The highest BCUT2D eigenvalue weighted by atomic mass is 32.1. The summed E-state index contributed by atoms with van der Waals surface area (Å²) in [7, 11) is 0. The Balaban J connectivity index is 2.77. The number of aliphatic hydroxyl groups excluding tert-OH is 2. The van der Waals surface area contributed by atoms with Crippen molar-refractivity contribution in [2.45, 2.75) is 19.1 Å². The summed E-state index contributed by atoms with van der Waals surface area (Å²) in [4.78, 5) is 7.82. The van der Waals surface area contributed by atoms with Crippen LogP contribution in [0.25, 0.3) is 0 Å². The van der Waals surface area contributed by atoms with Crippen LogP contribution in [0.5, 0.6) is 0 Å². The summed E-state index contributed by atoms with van der Waals surface area (Å²) in [6, 6.07) is 0. The second-order valence-corrected chi connectivity index (χ2v) is 3.12. The van der Waals surface area contributed by atoms with Crippen LogP contribution in [0.1, 0.15) is 17.5 Å². The highest BCUT2D eigenvalue weighted by Crippen LogP contribution is 2.15. The van der Waals surface area contributed by atoms with E-state index in [1.807, 2.05) is 0 Å². The van der Waals surface area contributed by atoms with E-state index in [2.05, 4.69) is 22.6 Å². The van der Waals surface area contributed by atoms with Crippen LogP contribution in [0, 0.1) is 6.92 Å². The fourth-order valence-electron chi connectivity index (χ4n) is 0.877. The van der Waals surface area contributed by atoms with Crippen LogP contribution < -0.4 is 0 Å². The van der Waals surface area contributed by atoms with Crippen molar-refractivity contribution in [1.29, 1.82) is 0 Å². The van der Waals surface area contributed by atoms with E-state index in [-0.39, 0.29) is 5.75 Å². The third-order valence-electron chi connectivity index (χ3n) is 1.69. The third-order valence-corrected chi connectivity index (χ3v) is 2.07. The number of aryl methyl sites for hydroxylation is 1. The zero-order valence-electron chi connectivity index (χ0n) is 7.25. The average molecular weight is 200 g/mol. The molecular weight excluding hydrogens is 188 g/mol. The molecule has 0 amide bonds. The van der Waals surface area contributed by atoms with Crippen LogP contribution in [0.3, 0.4) is 0 Å². The summed E-state index contributed by atoms with van der Waals surface area (Å²) in [6.45, 7) is 1.76. The van der Waals surface area contributed by atoms with E-state index in [0.29, 0.717) is 11.4 Å². The van der Waals surface area contributed by atoms with E-state index in [0.717, 1.165) is 0 Å². The Morgan fingerprint density at radius 1 is 1.38 bits per heavy atom. The van der Waals surface area contributed by atoms with Gasteiger partial charge in [0.15, 0.2) is 0 Å². The van der Waals surface area contributed by atoms with Gasteiger partial charge in [-0.1, -0.05) is 0 Å². The minimum Gasteiger partial charge on any atom is -0.389 e. The van der Waals surface area contributed by atoms with Crippen molar-refractivity contribution in [2.75, 3.05) is 5.75 Å². The second kappa shape index (κ2) is 4.55. The summed E-state index contributed by atoms with van der Waals surface area (Å²) < 4.78 is 0. The van der Waals surface area contributed by atoms with Gasteiger partial charge in [-0.3, -0.25) is 0 Å². The smallest absolute Gasteiger partial charge is 0.125 e. The fourth-order valence-corrected chi connectivity index (χ4v) is 1.08. The van der Waals surface area contributed by atoms with Gasteiger partial charge >= 0.3 is 0 Å². The van der Waals surface area contributed by atoms with E-state index in [1.165, 1.54) is 12.4 Å². The monoisotopic (exact) mass is 200 g/mol. The molecule has 1 aromatic heterocycles. The molecule has 2 atom stereocenters. The number of hydrogen-bond donors (Lipinski definition) is 3. The van der Waals surface area contributed by atoms with Gasteiger partial charge in [0, 0.05) is 23.7 Å². The normalized spacial score (nSPS) is 15.4. The lowest BCUT2D eigenvalue weighted by atomic mass is 10.1. The Hall–Kier alpha value is -0.650. The van der Waals surface area contributed by atoms with E-state index in [9.17, 15) is 10.2 Å². The minimum atomic E-state index is -0.960. The highest BCUT2D eigenvalue weighted by molar-refractivity contribution is 7.80. The first-order chi connectivity index (χ1) is 6.15. The van der Waals surface area contributed by atoms with E-state index in [4.69, 9.17) is 0 Å². The van der Waals surface area contributed by atoms with Crippen molar-refractivity contribution < 1.29 is 10.2 Å². The molecular formula is C8H12N2O2S. The van der Waals surface area contributed by atoms with Crippen molar-refractivity contribution >= 4 is 12.6 Å². The zero-order valence-corrected chi connectivity index (χ0v) is 8.15. The summed E-state index contributed by atoms with van der Waals surface area (Å²) in [5, 5.41) is 18.8. The SMILES string of the molecule is Cc1ncc(C(O)C(O)CS)cn1. The van der Waals surface area contributed by atoms with Crippen molar-refractivity contribution in [2.24, 2.45) is 0 Å². The van der Waals surface area contributed by atoms with Crippen LogP contribution in [0.2, 0.25) is 0 Å². The lowest BCUT2D eigenvalue weighted by Gasteiger charge is -2.14. The van der Waals surface area contributed by atoms with Gasteiger partial charge in [0.05, 0.1) is 6.10 Å². The maximum Gasteiger partial charge on any atom is 0.125 e. The number of thiol groups is 1. The van der Waals surface area contributed by atoms with E-state index >= 15 is 0 Å².